The van der Waals surface area contributed by atoms with Gasteiger partial charge in [0.05, 0.1) is 19.8 Å². The Kier molecular flexibility index (Phi) is 3.71. The van der Waals surface area contributed by atoms with Gasteiger partial charge in [0.1, 0.15) is 5.75 Å². The lowest BCUT2D eigenvalue weighted by atomic mass is 10.0. The Bertz CT molecular complexity index is 280. The van der Waals surface area contributed by atoms with Crippen LogP contribution in [0.15, 0.2) is 12.3 Å². The highest BCUT2D eigenvalue weighted by Gasteiger charge is 2.16. The summed E-state index contributed by atoms with van der Waals surface area (Å²) in [6.45, 7) is 2.56. The van der Waals surface area contributed by atoms with Crippen LogP contribution in [0.5, 0.6) is 11.6 Å². The lowest BCUT2D eigenvalue weighted by molar-refractivity contribution is 0.368. The van der Waals surface area contributed by atoms with Crippen molar-refractivity contribution in [3.8, 4) is 11.6 Å². The summed E-state index contributed by atoms with van der Waals surface area (Å²) in [5, 5.41) is 0. The maximum atomic E-state index is 5.61. The molecule has 0 aliphatic carbocycles. The van der Waals surface area contributed by atoms with Gasteiger partial charge in [-0.25, -0.2) is 4.98 Å². The molecule has 0 aliphatic heterocycles. The molecule has 14 heavy (non-hydrogen) atoms. The van der Waals surface area contributed by atoms with E-state index in [1.165, 1.54) is 0 Å². The van der Waals surface area contributed by atoms with Crippen molar-refractivity contribution < 1.29 is 9.47 Å². The molecule has 0 saturated heterocycles. The first kappa shape index (κ1) is 10.8. The standard InChI is InChI=1S/C10H16N2O2/c1-7(6-11)9-8(13-2)4-5-12-10(9)14-3/h4-5,7H,6,11H2,1-3H3. The summed E-state index contributed by atoms with van der Waals surface area (Å²) in [6.07, 6.45) is 1.66. The second-order valence-corrected chi connectivity index (χ2v) is 3.07. The van der Waals surface area contributed by atoms with Crippen molar-refractivity contribution in [2.24, 2.45) is 5.73 Å². The summed E-state index contributed by atoms with van der Waals surface area (Å²) in [7, 11) is 3.22. The molecule has 4 nitrogen and oxygen atoms in total. The number of methoxy groups -OCH3 is 2. The molecule has 1 heterocycles. The fourth-order valence-corrected chi connectivity index (χ4v) is 1.35. The maximum absolute atomic E-state index is 5.61. The highest BCUT2D eigenvalue weighted by atomic mass is 16.5. The van der Waals surface area contributed by atoms with Crippen LogP contribution in [-0.4, -0.2) is 25.7 Å². The van der Waals surface area contributed by atoms with Crippen LogP contribution in [0.25, 0.3) is 0 Å². The average molecular weight is 196 g/mol. The molecule has 4 heteroatoms. The molecule has 0 radical (unpaired) electrons. The van der Waals surface area contributed by atoms with Gasteiger partial charge in [0.25, 0.3) is 0 Å². The quantitative estimate of drug-likeness (QED) is 0.785. The predicted octanol–water partition coefficient (Wildman–Crippen LogP) is 1.16. The molecule has 0 aromatic carbocycles. The zero-order chi connectivity index (χ0) is 10.6. The van der Waals surface area contributed by atoms with Crippen LogP contribution < -0.4 is 15.2 Å². The van der Waals surface area contributed by atoms with E-state index in [0.717, 1.165) is 11.3 Å². The van der Waals surface area contributed by atoms with E-state index >= 15 is 0 Å². The van der Waals surface area contributed by atoms with Crippen LogP contribution in [-0.2, 0) is 0 Å². The van der Waals surface area contributed by atoms with Gasteiger partial charge in [-0.2, -0.15) is 0 Å². The van der Waals surface area contributed by atoms with E-state index < -0.39 is 0 Å². The number of nitrogens with two attached hydrogens (primary N) is 1. The molecule has 1 atom stereocenters. The van der Waals surface area contributed by atoms with E-state index in [2.05, 4.69) is 4.98 Å². The fraction of sp³-hybridized carbons (Fsp3) is 0.500. The third-order valence-electron chi connectivity index (χ3n) is 2.17. The van der Waals surface area contributed by atoms with Gasteiger partial charge in [0.2, 0.25) is 5.88 Å². The van der Waals surface area contributed by atoms with E-state index in [-0.39, 0.29) is 5.92 Å². The zero-order valence-electron chi connectivity index (χ0n) is 8.78. The lowest BCUT2D eigenvalue weighted by Gasteiger charge is -2.16. The molecule has 78 valence electrons. The SMILES string of the molecule is COc1ccnc(OC)c1C(C)CN. The maximum Gasteiger partial charge on any atom is 0.220 e. The molecule has 1 aromatic heterocycles. The second kappa shape index (κ2) is 4.81. The molecule has 2 N–H and O–H groups in total. The average Bonchev–Trinajstić information content (AvgIpc) is 2.26. The van der Waals surface area contributed by atoms with Crippen LogP contribution in [0.1, 0.15) is 18.4 Å². The van der Waals surface area contributed by atoms with Crippen molar-refractivity contribution in [2.45, 2.75) is 12.8 Å². The highest BCUT2D eigenvalue weighted by Crippen LogP contribution is 2.32. The molecular formula is C10H16N2O2. The topological polar surface area (TPSA) is 57.4 Å². The Morgan fingerprint density at radius 2 is 2.14 bits per heavy atom. The van der Waals surface area contributed by atoms with E-state index in [9.17, 15) is 0 Å². The Morgan fingerprint density at radius 3 is 2.64 bits per heavy atom. The summed E-state index contributed by atoms with van der Waals surface area (Å²) in [5.74, 6) is 1.53. The van der Waals surface area contributed by atoms with Crippen molar-refractivity contribution >= 4 is 0 Å². The van der Waals surface area contributed by atoms with Gasteiger partial charge in [-0.05, 0) is 12.6 Å². The first-order valence-corrected chi connectivity index (χ1v) is 4.51. The fourth-order valence-electron chi connectivity index (χ4n) is 1.35. The van der Waals surface area contributed by atoms with E-state index in [0.29, 0.717) is 12.4 Å². The summed E-state index contributed by atoms with van der Waals surface area (Å²) < 4.78 is 10.4. The summed E-state index contributed by atoms with van der Waals surface area (Å²) >= 11 is 0. The number of hydrogen-bond acceptors (Lipinski definition) is 4. The minimum atomic E-state index is 0.175. The van der Waals surface area contributed by atoms with Crippen LogP contribution in [0.3, 0.4) is 0 Å². The van der Waals surface area contributed by atoms with Gasteiger partial charge in [-0.3, -0.25) is 0 Å². The third kappa shape index (κ3) is 1.96. The Balaban J connectivity index is 3.18. The van der Waals surface area contributed by atoms with Gasteiger partial charge in [0.15, 0.2) is 0 Å². The number of nitrogens with zero attached hydrogens (tertiary/aromatic N) is 1. The largest absolute Gasteiger partial charge is 0.496 e. The first-order chi connectivity index (χ1) is 6.74. The second-order valence-electron chi connectivity index (χ2n) is 3.07. The Labute approximate surface area is 84.0 Å². The van der Waals surface area contributed by atoms with Crippen LogP contribution >= 0.6 is 0 Å². The van der Waals surface area contributed by atoms with Crippen LogP contribution in [0.4, 0.5) is 0 Å². The minimum Gasteiger partial charge on any atom is -0.496 e. The number of rotatable bonds is 4. The smallest absolute Gasteiger partial charge is 0.220 e. The van der Waals surface area contributed by atoms with Crippen molar-refractivity contribution in [1.82, 2.24) is 4.98 Å². The number of ether oxygens (including phenoxy) is 2. The van der Waals surface area contributed by atoms with Crippen molar-refractivity contribution in [3.63, 3.8) is 0 Å². The van der Waals surface area contributed by atoms with Crippen molar-refractivity contribution in [2.75, 3.05) is 20.8 Å². The molecule has 0 bridgehead atoms. The molecular weight excluding hydrogens is 180 g/mol. The first-order valence-electron chi connectivity index (χ1n) is 4.51. The summed E-state index contributed by atoms with van der Waals surface area (Å²) in [5.41, 5.74) is 6.54. The van der Waals surface area contributed by atoms with Gasteiger partial charge >= 0.3 is 0 Å². The summed E-state index contributed by atoms with van der Waals surface area (Å²) in [6, 6.07) is 1.81. The highest BCUT2D eigenvalue weighted by molar-refractivity contribution is 5.42. The van der Waals surface area contributed by atoms with Gasteiger partial charge < -0.3 is 15.2 Å². The molecule has 1 aromatic rings. The van der Waals surface area contributed by atoms with E-state index in [1.807, 2.05) is 13.0 Å². The Morgan fingerprint density at radius 1 is 1.43 bits per heavy atom. The van der Waals surface area contributed by atoms with Crippen molar-refractivity contribution in [3.05, 3.63) is 17.8 Å². The molecule has 0 amide bonds. The van der Waals surface area contributed by atoms with Crippen molar-refractivity contribution in [1.29, 1.82) is 0 Å². The molecule has 1 rings (SSSR count). The predicted molar refractivity (Wildman–Crippen MR) is 54.8 cm³/mol. The van der Waals surface area contributed by atoms with Gasteiger partial charge in [-0.15, -0.1) is 0 Å². The van der Waals surface area contributed by atoms with Crippen LogP contribution in [0, 0.1) is 0 Å². The normalized spacial score (nSPS) is 12.3. The molecule has 0 fully saturated rings. The monoisotopic (exact) mass is 196 g/mol. The lowest BCUT2D eigenvalue weighted by Crippen LogP contribution is -2.12. The van der Waals surface area contributed by atoms with Gasteiger partial charge in [0, 0.05) is 12.1 Å². The van der Waals surface area contributed by atoms with E-state index in [1.54, 1.807) is 20.4 Å². The number of hydrogen-bond donors (Lipinski definition) is 1. The molecule has 0 spiro atoms. The molecule has 1 unspecified atom stereocenters. The molecule has 0 saturated carbocycles. The third-order valence-corrected chi connectivity index (χ3v) is 2.17. The van der Waals surface area contributed by atoms with Gasteiger partial charge in [-0.1, -0.05) is 6.92 Å². The van der Waals surface area contributed by atoms with Crippen LogP contribution in [0.2, 0.25) is 0 Å². The van der Waals surface area contributed by atoms with E-state index in [4.69, 9.17) is 15.2 Å². The molecule has 0 aliphatic rings. The number of pyridine rings is 1. The Hall–Kier alpha value is -1.29. The number of aromatic nitrogens is 1. The minimum absolute atomic E-state index is 0.175. The zero-order valence-corrected chi connectivity index (χ0v) is 8.78. The summed E-state index contributed by atoms with van der Waals surface area (Å²) in [4.78, 5) is 4.12.